The van der Waals surface area contributed by atoms with Gasteiger partial charge in [-0.25, -0.2) is 4.98 Å². The molecule has 0 aliphatic heterocycles. The number of nitrogens with zero attached hydrogens (tertiary/aromatic N) is 1. The van der Waals surface area contributed by atoms with Crippen molar-refractivity contribution in [3.05, 3.63) is 28.7 Å². The molecule has 1 amide bonds. The van der Waals surface area contributed by atoms with Gasteiger partial charge in [-0.3, -0.25) is 9.59 Å². The number of carboxylic acids is 1. The van der Waals surface area contributed by atoms with Crippen molar-refractivity contribution in [1.29, 1.82) is 0 Å². The minimum Gasteiger partial charge on any atom is -0.481 e. The van der Waals surface area contributed by atoms with Gasteiger partial charge in [-0.05, 0) is 24.7 Å². The van der Waals surface area contributed by atoms with Crippen LogP contribution in [0.15, 0.2) is 23.7 Å². The van der Waals surface area contributed by atoms with E-state index in [1.165, 1.54) is 11.3 Å². The highest BCUT2D eigenvalue weighted by Crippen LogP contribution is 2.48. The Bertz CT molecular complexity index is 569. The number of hydrogen-bond donors (Lipinski definition) is 2. The zero-order chi connectivity index (χ0) is 15.0. The summed E-state index contributed by atoms with van der Waals surface area (Å²) in [6, 6.07) is -0.130. The van der Waals surface area contributed by atoms with E-state index in [1.807, 2.05) is 24.5 Å². The number of rotatable bonds is 5. The number of amides is 1. The molecular formula is C15H18N2O3S. The maximum atomic E-state index is 12.6. The van der Waals surface area contributed by atoms with Gasteiger partial charge in [0.05, 0.1) is 17.9 Å². The fourth-order valence-corrected chi connectivity index (χ4v) is 4.30. The Balaban J connectivity index is 1.75. The third-order valence-corrected chi connectivity index (χ3v) is 5.41. The summed E-state index contributed by atoms with van der Waals surface area (Å²) in [5.74, 6) is -2.00. The lowest BCUT2D eigenvalue weighted by atomic mass is 9.82. The Hall–Kier alpha value is -1.69. The zero-order valence-corrected chi connectivity index (χ0v) is 12.5. The van der Waals surface area contributed by atoms with Crippen molar-refractivity contribution in [2.75, 3.05) is 0 Å². The molecule has 21 heavy (non-hydrogen) atoms. The number of aliphatic carboxylic acids is 1. The number of allylic oxidation sites excluding steroid dienone is 2. The Morgan fingerprint density at radius 2 is 2.14 bits per heavy atom. The van der Waals surface area contributed by atoms with Crippen LogP contribution in [-0.4, -0.2) is 22.0 Å². The zero-order valence-electron chi connectivity index (χ0n) is 11.7. The summed E-state index contributed by atoms with van der Waals surface area (Å²) in [4.78, 5) is 28.3. The highest BCUT2D eigenvalue weighted by Gasteiger charge is 2.51. The standard InChI is InChI=1S/C15H18N2O3S/c1-2-10(14-16-5-6-21-14)17-13(18)11-8-3-4-9(7-8)12(11)15(19)20/h3-6,8-12H,2,7H2,1H3,(H,17,18)(H,19,20). The molecule has 1 fully saturated rings. The van der Waals surface area contributed by atoms with Gasteiger partial charge in [0.15, 0.2) is 0 Å². The second-order valence-corrected chi connectivity index (χ2v) is 6.60. The first-order valence-corrected chi connectivity index (χ1v) is 8.10. The Labute approximate surface area is 127 Å². The van der Waals surface area contributed by atoms with Crippen molar-refractivity contribution >= 4 is 23.2 Å². The van der Waals surface area contributed by atoms with E-state index in [4.69, 9.17) is 0 Å². The van der Waals surface area contributed by atoms with E-state index in [-0.39, 0.29) is 23.8 Å². The van der Waals surface area contributed by atoms with E-state index in [9.17, 15) is 14.7 Å². The van der Waals surface area contributed by atoms with Crippen molar-refractivity contribution in [2.45, 2.75) is 25.8 Å². The average Bonchev–Trinajstić information content (AvgIpc) is 3.18. The lowest BCUT2D eigenvalue weighted by molar-refractivity contribution is -0.148. The number of carbonyl (C=O) groups is 2. The monoisotopic (exact) mass is 306 g/mol. The molecule has 112 valence electrons. The molecule has 1 aromatic heterocycles. The number of aromatic nitrogens is 1. The molecule has 1 saturated carbocycles. The summed E-state index contributed by atoms with van der Waals surface area (Å²) < 4.78 is 0. The summed E-state index contributed by atoms with van der Waals surface area (Å²) in [6.45, 7) is 1.99. The number of thiazole rings is 1. The van der Waals surface area contributed by atoms with Crippen LogP contribution >= 0.6 is 11.3 Å². The smallest absolute Gasteiger partial charge is 0.307 e. The van der Waals surface area contributed by atoms with Crippen molar-refractivity contribution in [3.8, 4) is 0 Å². The SMILES string of the molecule is CCC(NC(=O)C1C2C=CC(C2)C1C(=O)O)c1nccs1. The Kier molecular flexibility index (Phi) is 3.80. The van der Waals surface area contributed by atoms with Crippen molar-refractivity contribution in [2.24, 2.45) is 23.7 Å². The van der Waals surface area contributed by atoms with Crippen LogP contribution in [0, 0.1) is 23.7 Å². The van der Waals surface area contributed by atoms with E-state index in [2.05, 4.69) is 10.3 Å². The summed E-state index contributed by atoms with van der Waals surface area (Å²) in [5, 5.41) is 15.1. The molecule has 0 spiro atoms. The first-order chi connectivity index (χ1) is 10.1. The number of carbonyl (C=O) groups excluding carboxylic acids is 1. The Morgan fingerprint density at radius 1 is 1.43 bits per heavy atom. The minimum atomic E-state index is -0.866. The lowest BCUT2D eigenvalue weighted by Gasteiger charge is -2.26. The van der Waals surface area contributed by atoms with Gasteiger partial charge in [-0.1, -0.05) is 19.1 Å². The fourth-order valence-electron chi connectivity index (χ4n) is 3.53. The first kappa shape index (κ1) is 14.3. The molecule has 0 radical (unpaired) electrons. The van der Waals surface area contributed by atoms with Crippen LogP contribution < -0.4 is 5.32 Å². The molecule has 1 heterocycles. The predicted octanol–water partition coefficient (Wildman–Crippen LogP) is 2.23. The fraction of sp³-hybridized carbons (Fsp3) is 0.533. The van der Waals surface area contributed by atoms with E-state index in [0.29, 0.717) is 0 Å². The van der Waals surface area contributed by atoms with E-state index >= 15 is 0 Å². The number of fused-ring (bicyclic) bond motifs is 2. The molecule has 2 N–H and O–H groups in total. The third-order valence-electron chi connectivity index (χ3n) is 4.52. The average molecular weight is 306 g/mol. The first-order valence-electron chi connectivity index (χ1n) is 7.22. The van der Waals surface area contributed by atoms with Gasteiger partial charge >= 0.3 is 5.97 Å². The summed E-state index contributed by atoms with van der Waals surface area (Å²) in [5.41, 5.74) is 0. The number of nitrogens with one attached hydrogen (secondary N) is 1. The van der Waals surface area contributed by atoms with Crippen LogP contribution in [0.5, 0.6) is 0 Å². The topological polar surface area (TPSA) is 79.3 Å². The second kappa shape index (κ2) is 5.60. The Morgan fingerprint density at radius 3 is 2.71 bits per heavy atom. The van der Waals surface area contributed by atoms with Gasteiger partial charge < -0.3 is 10.4 Å². The van der Waals surface area contributed by atoms with Gasteiger partial charge in [0, 0.05) is 11.6 Å². The molecule has 6 heteroatoms. The van der Waals surface area contributed by atoms with Gasteiger partial charge in [0.2, 0.25) is 5.91 Å². The molecule has 2 aliphatic rings. The van der Waals surface area contributed by atoms with Gasteiger partial charge in [-0.2, -0.15) is 0 Å². The molecule has 5 unspecified atom stereocenters. The largest absolute Gasteiger partial charge is 0.481 e. The molecule has 3 rings (SSSR count). The van der Waals surface area contributed by atoms with Crippen LogP contribution in [-0.2, 0) is 9.59 Å². The van der Waals surface area contributed by atoms with E-state index in [0.717, 1.165) is 17.8 Å². The van der Waals surface area contributed by atoms with Crippen molar-refractivity contribution < 1.29 is 14.7 Å². The summed E-state index contributed by atoms with van der Waals surface area (Å²) in [6.07, 6.45) is 7.19. The number of hydrogen-bond acceptors (Lipinski definition) is 4. The number of carboxylic acid groups (broad SMARTS) is 1. The molecular weight excluding hydrogens is 288 g/mol. The predicted molar refractivity (Wildman–Crippen MR) is 78.6 cm³/mol. The molecule has 1 aromatic rings. The maximum absolute atomic E-state index is 12.6. The molecule has 2 bridgehead atoms. The highest BCUT2D eigenvalue weighted by molar-refractivity contribution is 7.09. The van der Waals surface area contributed by atoms with Crippen LogP contribution in [0.2, 0.25) is 0 Å². The van der Waals surface area contributed by atoms with E-state index in [1.54, 1.807) is 6.20 Å². The van der Waals surface area contributed by atoms with Crippen molar-refractivity contribution in [3.63, 3.8) is 0 Å². The molecule has 5 atom stereocenters. The molecule has 5 nitrogen and oxygen atoms in total. The molecule has 0 aromatic carbocycles. The molecule has 2 aliphatic carbocycles. The van der Waals surface area contributed by atoms with Gasteiger partial charge in [0.1, 0.15) is 5.01 Å². The minimum absolute atomic E-state index is 0.00295. The van der Waals surface area contributed by atoms with Crippen LogP contribution in [0.25, 0.3) is 0 Å². The normalized spacial score (nSPS) is 31.3. The maximum Gasteiger partial charge on any atom is 0.307 e. The quantitative estimate of drug-likeness (QED) is 0.818. The van der Waals surface area contributed by atoms with Crippen molar-refractivity contribution in [1.82, 2.24) is 10.3 Å². The lowest BCUT2D eigenvalue weighted by Crippen LogP contribution is -2.41. The van der Waals surface area contributed by atoms with Crippen LogP contribution in [0.1, 0.15) is 30.8 Å². The van der Waals surface area contributed by atoms with Crippen LogP contribution in [0.3, 0.4) is 0 Å². The van der Waals surface area contributed by atoms with Crippen LogP contribution in [0.4, 0.5) is 0 Å². The van der Waals surface area contributed by atoms with Gasteiger partial charge in [-0.15, -0.1) is 11.3 Å². The van der Waals surface area contributed by atoms with Gasteiger partial charge in [0.25, 0.3) is 0 Å². The highest BCUT2D eigenvalue weighted by atomic mass is 32.1. The summed E-state index contributed by atoms with van der Waals surface area (Å²) >= 11 is 1.51. The second-order valence-electron chi connectivity index (χ2n) is 5.68. The third kappa shape index (κ3) is 2.48. The summed E-state index contributed by atoms with van der Waals surface area (Å²) in [7, 11) is 0. The molecule has 0 saturated heterocycles. The van der Waals surface area contributed by atoms with E-state index < -0.39 is 17.8 Å².